The predicted octanol–water partition coefficient (Wildman–Crippen LogP) is 3.44. The van der Waals surface area contributed by atoms with Gasteiger partial charge in [0.1, 0.15) is 16.1 Å². The summed E-state index contributed by atoms with van der Waals surface area (Å²) in [6.45, 7) is 1.60. The van der Waals surface area contributed by atoms with Gasteiger partial charge in [-0.1, -0.05) is 47.1 Å². The van der Waals surface area contributed by atoms with Gasteiger partial charge < -0.3 is 9.84 Å². The van der Waals surface area contributed by atoms with Gasteiger partial charge in [-0.25, -0.2) is 19.2 Å². The second-order valence-corrected chi connectivity index (χ2v) is 6.09. The van der Waals surface area contributed by atoms with E-state index in [9.17, 15) is 14.3 Å². The predicted molar refractivity (Wildman–Crippen MR) is 89.9 cm³/mol. The van der Waals surface area contributed by atoms with Crippen molar-refractivity contribution >= 4 is 40.9 Å². The molecule has 0 bridgehead atoms. The Labute approximate surface area is 152 Å². The van der Waals surface area contributed by atoms with Crippen LogP contribution >= 0.6 is 35.0 Å². The first-order valence-corrected chi connectivity index (χ1v) is 8.75. The Morgan fingerprint density at radius 2 is 1.83 bits per heavy atom. The van der Waals surface area contributed by atoms with E-state index >= 15 is 0 Å². The van der Waals surface area contributed by atoms with E-state index in [1.54, 1.807) is 13.2 Å². The molecule has 24 heavy (non-hydrogen) atoms. The highest BCUT2D eigenvalue weighted by atomic mass is 35.5. The summed E-state index contributed by atoms with van der Waals surface area (Å²) in [6.07, 6.45) is 1.72. The van der Waals surface area contributed by atoms with E-state index in [1.165, 1.54) is 23.9 Å². The third-order valence-corrected chi connectivity index (χ3v) is 4.27. The number of aromatic nitrogens is 2. The molecule has 9 heteroatoms. The van der Waals surface area contributed by atoms with Crippen LogP contribution in [0.4, 0.5) is 4.39 Å². The van der Waals surface area contributed by atoms with Gasteiger partial charge in [-0.15, -0.1) is 0 Å². The molecule has 1 unspecified atom stereocenters. The first-order chi connectivity index (χ1) is 11.3. The molecule has 1 atom stereocenters. The summed E-state index contributed by atoms with van der Waals surface area (Å²) in [5.41, 5.74) is -2.55. The van der Waals surface area contributed by atoms with E-state index in [-0.39, 0.29) is 33.2 Å². The van der Waals surface area contributed by atoms with Crippen molar-refractivity contribution in [2.75, 3.05) is 12.9 Å². The molecule has 0 aliphatic rings. The van der Waals surface area contributed by atoms with Crippen molar-refractivity contribution in [2.24, 2.45) is 0 Å². The number of hydrogen-bond acceptors (Lipinski definition) is 6. The molecule has 1 heterocycles. The molecule has 128 valence electrons. The van der Waals surface area contributed by atoms with Crippen LogP contribution in [0.15, 0.2) is 29.4 Å². The van der Waals surface area contributed by atoms with Crippen LogP contribution in [0.1, 0.15) is 18.1 Å². The van der Waals surface area contributed by atoms with E-state index in [1.807, 2.05) is 0 Å². The monoisotopic (exact) mass is 390 g/mol. The number of hydrogen-bond donors (Lipinski definition) is 1. The molecule has 0 aliphatic heterocycles. The van der Waals surface area contributed by atoms with Crippen LogP contribution in [0.25, 0.3) is 0 Å². The highest BCUT2D eigenvalue weighted by Gasteiger charge is 2.46. The maximum Gasteiger partial charge on any atom is 0.347 e. The van der Waals surface area contributed by atoms with Crippen LogP contribution in [-0.4, -0.2) is 33.9 Å². The fourth-order valence-electron chi connectivity index (χ4n) is 2.07. The van der Waals surface area contributed by atoms with Gasteiger partial charge in [0, 0.05) is 0 Å². The number of carbonyl (C=O) groups is 1. The van der Waals surface area contributed by atoms with E-state index in [0.29, 0.717) is 0 Å². The van der Waals surface area contributed by atoms with Crippen molar-refractivity contribution in [1.29, 1.82) is 0 Å². The van der Waals surface area contributed by atoms with Crippen LogP contribution in [-0.2, 0) is 15.1 Å². The summed E-state index contributed by atoms with van der Waals surface area (Å²) in [7, 11) is 0. The first kappa shape index (κ1) is 18.9. The van der Waals surface area contributed by atoms with Crippen LogP contribution in [0.5, 0.6) is 0 Å². The Hall–Kier alpha value is -1.41. The Morgan fingerprint density at radius 3 is 2.29 bits per heavy atom. The molecule has 1 N–H and O–H groups in total. The Morgan fingerprint density at radius 1 is 1.29 bits per heavy atom. The fourth-order valence-corrected chi connectivity index (χ4v) is 3.20. The molecule has 0 amide bonds. The van der Waals surface area contributed by atoms with Crippen molar-refractivity contribution in [3.05, 3.63) is 51.5 Å². The number of esters is 1. The van der Waals surface area contributed by atoms with E-state index < -0.39 is 17.4 Å². The molecule has 2 aromatic rings. The lowest BCUT2D eigenvalue weighted by Crippen LogP contribution is -2.39. The van der Waals surface area contributed by atoms with E-state index in [2.05, 4.69) is 9.97 Å². The second kappa shape index (κ2) is 7.65. The molecule has 0 saturated heterocycles. The molecular weight excluding hydrogens is 378 g/mol. The average Bonchev–Trinajstić information content (AvgIpc) is 2.54. The average molecular weight is 391 g/mol. The third-order valence-electron chi connectivity index (χ3n) is 3.18. The highest BCUT2D eigenvalue weighted by molar-refractivity contribution is 7.98. The van der Waals surface area contributed by atoms with Crippen molar-refractivity contribution in [2.45, 2.75) is 17.7 Å². The van der Waals surface area contributed by atoms with Gasteiger partial charge in [0.15, 0.2) is 5.16 Å². The minimum Gasteiger partial charge on any atom is -0.463 e. The summed E-state index contributed by atoms with van der Waals surface area (Å²) in [6, 6.07) is 4.67. The van der Waals surface area contributed by atoms with Crippen LogP contribution in [0, 0.1) is 5.82 Å². The fraction of sp³-hybridized carbons (Fsp3) is 0.267. The number of benzene rings is 1. The lowest BCUT2D eigenvalue weighted by Gasteiger charge is -2.27. The van der Waals surface area contributed by atoms with Crippen LogP contribution < -0.4 is 0 Å². The van der Waals surface area contributed by atoms with Gasteiger partial charge in [0.05, 0.1) is 12.2 Å². The topological polar surface area (TPSA) is 72.3 Å². The maximum absolute atomic E-state index is 13.2. The highest BCUT2D eigenvalue weighted by Crippen LogP contribution is 2.39. The van der Waals surface area contributed by atoms with Crippen molar-refractivity contribution in [1.82, 2.24) is 9.97 Å². The molecule has 0 spiro atoms. The number of carbonyl (C=O) groups excluding carboxylic acids is 1. The largest absolute Gasteiger partial charge is 0.463 e. The van der Waals surface area contributed by atoms with Crippen molar-refractivity contribution in [3.8, 4) is 0 Å². The zero-order valence-electron chi connectivity index (χ0n) is 12.7. The van der Waals surface area contributed by atoms with Gasteiger partial charge in [0.2, 0.25) is 5.60 Å². The molecule has 1 aromatic heterocycles. The lowest BCUT2D eigenvalue weighted by molar-refractivity contribution is -0.161. The molecule has 0 aliphatic carbocycles. The summed E-state index contributed by atoms with van der Waals surface area (Å²) < 4.78 is 18.2. The Kier molecular flexibility index (Phi) is 6.03. The third kappa shape index (κ3) is 3.49. The zero-order chi connectivity index (χ0) is 17.9. The molecule has 0 saturated carbocycles. The van der Waals surface area contributed by atoms with Gasteiger partial charge in [-0.2, -0.15) is 0 Å². The molecule has 5 nitrogen and oxygen atoms in total. The number of thioether (sulfide) groups is 1. The molecular formula is C15H13Cl2FN2O3S. The van der Waals surface area contributed by atoms with E-state index in [0.717, 1.165) is 12.1 Å². The molecule has 1 aromatic carbocycles. The standard InChI is InChI=1S/C15H13Cl2FN2O3S/c1-3-23-13(21)15(22,8-4-6-9(18)7-5-8)10-11(16)19-14(24-2)20-12(10)17/h4-7,22H,3H2,1-2H3. The number of nitrogens with zero attached hydrogens (tertiary/aromatic N) is 2. The molecule has 2 rings (SSSR count). The lowest BCUT2D eigenvalue weighted by atomic mass is 9.88. The Balaban J connectivity index is 2.72. The summed E-state index contributed by atoms with van der Waals surface area (Å²) >= 11 is 13.5. The van der Waals surface area contributed by atoms with E-state index in [4.69, 9.17) is 27.9 Å². The quantitative estimate of drug-likeness (QED) is 0.364. The number of halogens is 3. The minimum absolute atomic E-state index is 0.0152. The van der Waals surface area contributed by atoms with Gasteiger partial charge in [-0.3, -0.25) is 0 Å². The van der Waals surface area contributed by atoms with Gasteiger partial charge in [0.25, 0.3) is 0 Å². The Bertz CT molecular complexity index is 738. The molecule has 0 fully saturated rings. The minimum atomic E-state index is -2.37. The SMILES string of the molecule is CCOC(=O)C(O)(c1ccc(F)cc1)c1c(Cl)nc(SC)nc1Cl. The van der Waals surface area contributed by atoms with Gasteiger partial charge in [-0.05, 0) is 30.9 Å². The maximum atomic E-state index is 13.2. The van der Waals surface area contributed by atoms with Crippen LogP contribution in [0.3, 0.4) is 0 Å². The molecule has 0 radical (unpaired) electrons. The zero-order valence-corrected chi connectivity index (χ0v) is 15.0. The number of aliphatic hydroxyl groups is 1. The van der Waals surface area contributed by atoms with Crippen LogP contribution in [0.2, 0.25) is 10.3 Å². The summed E-state index contributed by atoms with van der Waals surface area (Å²) in [4.78, 5) is 20.5. The van der Waals surface area contributed by atoms with Gasteiger partial charge >= 0.3 is 5.97 Å². The number of rotatable bonds is 5. The first-order valence-electron chi connectivity index (χ1n) is 6.77. The summed E-state index contributed by atoms with van der Waals surface area (Å²) in [5, 5.41) is 11.0. The van der Waals surface area contributed by atoms with Crippen molar-refractivity contribution in [3.63, 3.8) is 0 Å². The number of ether oxygens (including phenoxy) is 1. The summed E-state index contributed by atoms with van der Waals surface area (Å²) in [5.74, 6) is -1.54. The smallest absolute Gasteiger partial charge is 0.347 e. The van der Waals surface area contributed by atoms with Crippen molar-refractivity contribution < 1.29 is 19.0 Å². The second-order valence-electron chi connectivity index (χ2n) is 4.60. The normalized spacial score (nSPS) is 13.4.